The van der Waals surface area contributed by atoms with Crippen LogP contribution in [0.5, 0.6) is 0 Å². The Bertz CT molecular complexity index is 424. The summed E-state index contributed by atoms with van der Waals surface area (Å²) < 4.78 is 21.7. The van der Waals surface area contributed by atoms with E-state index in [2.05, 4.69) is 5.32 Å². The first-order chi connectivity index (χ1) is 7.58. The molecule has 0 aliphatic heterocycles. The van der Waals surface area contributed by atoms with Gasteiger partial charge in [-0.15, -0.1) is 0 Å². The zero-order valence-corrected chi connectivity index (χ0v) is 10.2. The summed E-state index contributed by atoms with van der Waals surface area (Å²) in [6, 6.07) is 9.98. The van der Waals surface area contributed by atoms with Gasteiger partial charge in [-0.1, -0.05) is 42.5 Å². The second-order valence-corrected chi connectivity index (χ2v) is 5.91. The summed E-state index contributed by atoms with van der Waals surface area (Å²) in [5.74, 6) is 0.187. The highest BCUT2D eigenvalue weighted by molar-refractivity contribution is 7.90. The van der Waals surface area contributed by atoms with Crippen LogP contribution in [0.15, 0.2) is 36.4 Å². The van der Waals surface area contributed by atoms with Crippen LogP contribution < -0.4 is 5.32 Å². The third kappa shape index (κ3) is 6.37. The zero-order valence-electron chi connectivity index (χ0n) is 9.39. The largest absolute Gasteiger partial charge is 0.312 e. The van der Waals surface area contributed by atoms with E-state index in [0.29, 0.717) is 13.1 Å². The molecule has 4 heteroatoms. The van der Waals surface area contributed by atoms with E-state index in [9.17, 15) is 8.42 Å². The molecular weight excluding hydrogens is 222 g/mol. The van der Waals surface area contributed by atoms with E-state index < -0.39 is 9.84 Å². The van der Waals surface area contributed by atoms with Crippen molar-refractivity contribution >= 4 is 15.9 Å². The molecule has 1 aromatic carbocycles. The predicted octanol–water partition coefficient (Wildman–Crippen LogP) is 1.33. The van der Waals surface area contributed by atoms with Gasteiger partial charge in [-0.2, -0.15) is 0 Å². The third-order valence-electron chi connectivity index (χ3n) is 2.02. The molecule has 0 radical (unpaired) electrons. The average molecular weight is 239 g/mol. The Morgan fingerprint density at radius 1 is 1.25 bits per heavy atom. The topological polar surface area (TPSA) is 46.2 Å². The molecule has 0 saturated heterocycles. The first kappa shape index (κ1) is 12.9. The highest BCUT2D eigenvalue weighted by Gasteiger charge is 1.98. The highest BCUT2D eigenvalue weighted by atomic mass is 32.2. The Labute approximate surface area is 97.1 Å². The summed E-state index contributed by atoms with van der Waals surface area (Å²) in [6.07, 6.45) is 5.24. The first-order valence-corrected chi connectivity index (χ1v) is 7.24. The van der Waals surface area contributed by atoms with Gasteiger partial charge in [0.1, 0.15) is 9.84 Å². The highest BCUT2D eigenvalue weighted by Crippen LogP contribution is 1.99. The van der Waals surface area contributed by atoms with Gasteiger partial charge in [0, 0.05) is 19.3 Å². The number of sulfone groups is 1. The van der Waals surface area contributed by atoms with Gasteiger partial charge in [0.05, 0.1) is 5.75 Å². The summed E-state index contributed by atoms with van der Waals surface area (Å²) in [5, 5.41) is 3.05. The van der Waals surface area contributed by atoms with Crippen LogP contribution in [0.4, 0.5) is 0 Å². The van der Waals surface area contributed by atoms with Crippen molar-refractivity contribution in [2.75, 3.05) is 25.1 Å². The van der Waals surface area contributed by atoms with E-state index in [0.717, 1.165) is 5.56 Å². The number of rotatable bonds is 6. The van der Waals surface area contributed by atoms with Gasteiger partial charge in [-0.25, -0.2) is 8.42 Å². The third-order valence-corrected chi connectivity index (χ3v) is 2.97. The molecular formula is C12H17NO2S. The Kier molecular flexibility index (Phi) is 5.22. The van der Waals surface area contributed by atoms with Crippen molar-refractivity contribution in [3.05, 3.63) is 42.0 Å². The molecule has 0 saturated carbocycles. The van der Waals surface area contributed by atoms with Gasteiger partial charge in [-0.3, -0.25) is 0 Å². The van der Waals surface area contributed by atoms with Gasteiger partial charge in [0.25, 0.3) is 0 Å². The molecule has 0 aliphatic rings. The van der Waals surface area contributed by atoms with Crippen molar-refractivity contribution in [1.29, 1.82) is 0 Å². The summed E-state index contributed by atoms with van der Waals surface area (Å²) in [7, 11) is -2.85. The Balaban J connectivity index is 2.19. The second-order valence-electron chi connectivity index (χ2n) is 3.65. The molecule has 0 bridgehead atoms. The molecule has 0 fully saturated rings. The molecule has 16 heavy (non-hydrogen) atoms. The molecule has 0 atom stereocenters. The fourth-order valence-electron chi connectivity index (χ4n) is 1.20. The quantitative estimate of drug-likeness (QED) is 0.762. The minimum absolute atomic E-state index is 0.187. The summed E-state index contributed by atoms with van der Waals surface area (Å²) in [5.41, 5.74) is 1.15. The lowest BCUT2D eigenvalue weighted by Gasteiger charge is -1.99. The zero-order chi connectivity index (χ0) is 11.9. The monoisotopic (exact) mass is 239 g/mol. The van der Waals surface area contributed by atoms with Crippen LogP contribution in [0, 0.1) is 0 Å². The minimum atomic E-state index is -2.85. The molecule has 0 spiro atoms. The molecule has 0 aromatic heterocycles. The van der Waals surface area contributed by atoms with E-state index >= 15 is 0 Å². The minimum Gasteiger partial charge on any atom is -0.312 e. The average Bonchev–Trinajstić information content (AvgIpc) is 2.23. The predicted molar refractivity (Wildman–Crippen MR) is 68.1 cm³/mol. The molecule has 3 nitrogen and oxygen atoms in total. The van der Waals surface area contributed by atoms with Gasteiger partial charge >= 0.3 is 0 Å². The fourth-order valence-corrected chi connectivity index (χ4v) is 1.72. The van der Waals surface area contributed by atoms with E-state index in [-0.39, 0.29) is 5.75 Å². The standard InChI is InChI=1S/C12H17NO2S/c1-16(14,15)11-10-13-9-5-8-12-6-3-2-4-7-12/h2-8,13H,9-11H2,1H3/b8-5+. The lowest BCUT2D eigenvalue weighted by molar-refractivity contribution is 0.598. The van der Waals surface area contributed by atoms with Gasteiger partial charge in [0.15, 0.2) is 0 Å². The first-order valence-electron chi connectivity index (χ1n) is 5.18. The Morgan fingerprint density at radius 2 is 1.94 bits per heavy atom. The van der Waals surface area contributed by atoms with Crippen LogP contribution in [0.1, 0.15) is 5.56 Å². The lowest BCUT2D eigenvalue weighted by atomic mass is 10.2. The second kappa shape index (κ2) is 6.45. The van der Waals surface area contributed by atoms with Crippen LogP contribution in [-0.4, -0.2) is 33.5 Å². The van der Waals surface area contributed by atoms with Crippen molar-refractivity contribution < 1.29 is 8.42 Å². The Hall–Kier alpha value is -1.13. The van der Waals surface area contributed by atoms with E-state index in [4.69, 9.17) is 0 Å². The van der Waals surface area contributed by atoms with Crippen LogP contribution in [0.2, 0.25) is 0 Å². The van der Waals surface area contributed by atoms with Crippen molar-refractivity contribution in [1.82, 2.24) is 5.32 Å². The van der Waals surface area contributed by atoms with Crippen molar-refractivity contribution in [3.63, 3.8) is 0 Å². The maximum absolute atomic E-state index is 10.8. The van der Waals surface area contributed by atoms with E-state index in [1.807, 2.05) is 42.5 Å². The van der Waals surface area contributed by atoms with Crippen LogP contribution >= 0.6 is 0 Å². The molecule has 88 valence electrons. The van der Waals surface area contributed by atoms with Gasteiger partial charge in [-0.05, 0) is 5.56 Å². The molecule has 0 aliphatic carbocycles. The summed E-state index contributed by atoms with van der Waals surface area (Å²) >= 11 is 0. The Morgan fingerprint density at radius 3 is 2.56 bits per heavy atom. The molecule has 1 N–H and O–H groups in total. The normalized spacial score (nSPS) is 12.1. The smallest absolute Gasteiger partial charge is 0.148 e. The number of hydrogen-bond acceptors (Lipinski definition) is 3. The van der Waals surface area contributed by atoms with Gasteiger partial charge in [0.2, 0.25) is 0 Å². The maximum atomic E-state index is 10.8. The fraction of sp³-hybridized carbons (Fsp3) is 0.333. The molecule has 1 rings (SSSR count). The number of benzene rings is 1. The van der Waals surface area contributed by atoms with Gasteiger partial charge < -0.3 is 5.32 Å². The van der Waals surface area contributed by atoms with Crippen molar-refractivity contribution in [2.24, 2.45) is 0 Å². The maximum Gasteiger partial charge on any atom is 0.148 e. The molecule has 0 unspecified atom stereocenters. The number of hydrogen-bond donors (Lipinski definition) is 1. The molecule has 1 aromatic rings. The molecule has 0 amide bonds. The van der Waals surface area contributed by atoms with E-state index in [1.54, 1.807) is 0 Å². The van der Waals surface area contributed by atoms with Crippen molar-refractivity contribution in [2.45, 2.75) is 0 Å². The number of nitrogens with one attached hydrogen (secondary N) is 1. The van der Waals surface area contributed by atoms with Crippen molar-refractivity contribution in [3.8, 4) is 0 Å². The molecule has 0 heterocycles. The lowest BCUT2D eigenvalue weighted by Crippen LogP contribution is -2.22. The van der Waals surface area contributed by atoms with Crippen LogP contribution in [-0.2, 0) is 9.84 Å². The van der Waals surface area contributed by atoms with Crippen LogP contribution in [0.25, 0.3) is 6.08 Å². The summed E-state index contributed by atoms with van der Waals surface area (Å²) in [4.78, 5) is 0. The van der Waals surface area contributed by atoms with Crippen LogP contribution in [0.3, 0.4) is 0 Å². The SMILES string of the molecule is CS(=O)(=O)CCNC/C=C/c1ccccc1. The van der Waals surface area contributed by atoms with E-state index in [1.165, 1.54) is 6.26 Å². The summed E-state index contributed by atoms with van der Waals surface area (Å²) in [6.45, 7) is 1.18.